The van der Waals surface area contributed by atoms with Gasteiger partial charge < -0.3 is 14.6 Å². The van der Waals surface area contributed by atoms with E-state index in [4.69, 9.17) is 9.47 Å². The van der Waals surface area contributed by atoms with Crippen molar-refractivity contribution in [2.24, 2.45) is 5.92 Å². The summed E-state index contributed by atoms with van der Waals surface area (Å²) in [5, 5.41) is 10.4. The molecule has 0 amide bonds. The van der Waals surface area contributed by atoms with Crippen LogP contribution >= 0.6 is 0 Å². The highest BCUT2D eigenvalue weighted by molar-refractivity contribution is 5.18. The molecular formula is C17H23NO3. The average Bonchev–Trinajstić information content (AvgIpc) is 2.96. The van der Waals surface area contributed by atoms with Crippen LogP contribution in [0.4, 0.5) is 0 Å². The van der Waals surface area contributed by atoms with Gasteiger partial charge in [0.15, 0.2) is 6.29 Å². The zero-order valence-electron chi connectivity index (χ0n) is 12.4. The molecule has 4 heteroatoms. The molecule has 3 aliphatic rings. The average molecular weight is 289 g/mol. The van der Waals surface area contributed by atoms with Gasteiger partial charge in [-0.05, 0) is 18.9 Å². The molecule has 6 atom stereocenters. The lowest BCUT2D eigenvalue weighted by Crippen LogP contribution is -2.53. The summed E-state index contributed by atoms with van der Waals surface area (Å²) in [6.07, 6.45) is 1.49. The monoisotopic (exact) mass is 289 g/mol. The number of nitrogens with zero attached hydrogens (tertiary/aromatic N) is 1. The van der Waals surface area contributed by atoms with Crippen molar-refractivity contribution in [2.75, 3.05) is 6.61 Å². The number of piperidine rings is 1. The fourth-order valence-corrected chi connectivity index (χ4v) is 4.45. The summed E-state index contributed by atoms with van der Waals surface area (Å²) in [7, 11) is 0. The zero-order valence-corrected chi connectivity index (χ0v) is 12.4. The lowest BCUT2D eigenvalue weighted by Gasteiger charge is -2.40. The van der Waals surface area contributed by atoms with Crippen LogP contribution in [-0.4, -0.2) is 47.2 Å². The third-order valence-corrected chi connectivity index (χ3v) is 5.26. The Morgan fingerprint density at radius 2 is 2.10 bits per heavy atom. The van der Waals surface area contributed by atoms with Crippen LogP contribution in [-0.2, 0) is 16.0 Å². The van der Waals surface area contributed by atoms with Crippen molar-refractivity contribution in [3.05, 3.63) is 35.9 Å². The van der Waals surface area contributed by atoms with Crippen molar-refractivity contribution < 1.29 is 14.6 Å². The Morgan fingerprint density at radius 3 is 2.86 bits per heavy atom. The number of fused-ring (bicyclic) bond motifs is 1. The molecule has 4 rings (SSSR count). The largest absolute Gasteiger partial charge is 0.391 e. The Morgan fingerprint density at radius 1 is 1.29 bits per heavy atom. The summed E-state index contributed by atoms with van der Waals surface area (Å²) in [6, 6.07) is 11.2. The van der Waals surface area contributed by atoms with Crippen LogP contribution in [0.5, 0.6) is 0 Å². The van der Waals surface area contributed by atoms with Gasteiger partial charge in [0.2, 0.25) is 0 Å². The highest BCUT2D eigenvalue weighted by Gasteiger charge is 2.59. The first-order valence-electron chi connectivity index (χ1n) is 8.02. The first-order chi connectivity index (χ1) is 10.3. The quantitative estimate of drug-likeness (QED) is 0.917. The summed E-state index contributed by atoms with van der Waals surface area (Å²) in [5.41, 5.74) is 1.30. The fraction of sp³-hybridized carbons (Fsp3) is 0.647. The molecule has 0 unspecified atom stereocenters. The van der Waals surface area contributed by atoms with E-state index < -0.39 is 0 Å². The lowest BCUT2D eigenvalue weighted by molar-refractivity contribution is -0.170. The molecule has 0 radical (unpaired) electrons. The van der Waals surface area contributed by atoms with Gasteiger partial charge in [-0.25, -0.2) is 0 Å². The van der Waals surface area contributed by atoms with E-state index in [0.29, 0.717) is 18.6 Å². The highest BCUT2D eigenvalue weighted by atomic mass is 16.7. The maximum atomic E-state index is 10.4. The van der Waals surface area contributed by atoms with Crippen molar-refractivity contribution in [1.29, 1.82) is 0 Å². The predicted molar refractivity (Wildman–Crippen MR) is 78.6 cm³/mol. The number of aliphatic hydroxyl groups excluding tert-OH is 1. The van der Waals surface area contributed by atoms with E-state index in [9.17, 15) is 5.11 Å². The maximum absolute atomic E-state index is 10.4. The Labute approximate surface area is 125 Å². The maximum Gasteiger partial charge on any atom is 0.162 e. The van der Waals surface area contributed by atoms with Gasteiger partial charge in [0.1, 0.15) is 0 Å². The summed E-state index contributed by atoms with van der Waals surface area (Å²) in [6.45, 7) is 3.59. The molecule has 3 saturated heterocycles. The molecular weight excluding hydrogens is 266 g/mol. The van der Waals surface area contributed by atoms with Crippen molar-refractivity contribution >= 4 is 0 Å². The molecule has 0 saturated carbocycles. The first-order valence-corrected chi connectivity index (χ1v) is 8.02. The molecule has 21 heavy (non-hydrogen) atoms. The van der Waals surface area contributed by atoms with E-state index in [-0.39, 0.29) is 24.5 Å². The first kappa shape index (κ1) is 13.7. The van der Waals surface area contributed by atoms with E-state index in [2.05, 4.69) is 29.2 Å². The minimum Gasteiger partial charge on any atom is -0.391 e. The van der Waals surface area contributed by atoms with Gasteiger partial charge in [-0.3, -0.25) is 4.90 Å². The van der Waals surface area contributed by atoms with Gasteiger partial charge in [0.25, 0.3) is 0 Å². The Kier molecular flexibility index (Phi) is 3.50. The topological polar surface area (TPSA) is 41.9 Å². The normalized spacial score (nSPS) is 41.6. The van der Waals surface area contributed by atoms with Crippen LogP contribution in [0.25, 0.3) is 0 Å². The molecule has 3 fully saturated rings. The van der Waals surface area contributed by atoms with Crippen LogP contribution in [0.15, 0.2) is 30.3 Å². The number of aliphatic hydroxyl groups is 1. The van der Waals surface area contributed by atoms with Crippen molar-refractivity contribution in [1.82, 2.24) is 4.90 Å². The van der Waals surface area contributed by atoms with Crippen LogP contribution in [0.2, 0.25) is 0 Å². The second-order valence-electron chi connectivity index (χ2n) is 6.42. The van der Waals surface area contributed by atoms with Gasteiger partial charge in [0, 0.05) is 37.6 Å². The second-order valence-corrected chi connectivity index (χ2v) is 6.42. The number of hydrogen-bond donors (Lipinski definition) is 1. The van der Waals surface area contributed by atoms with E-state index in [1.807, 2.05) is 13.0 Å². The summed E-state index contributed by atoms with van der Waals surface area (Å²) >= 11 is 0. The molecule has 1 N–H and O–H groups in total. The molecule has 1 aromatic carbocycles. The minimum atomic E-state index is -0.275. The smallest absolute Gasteiger partial charge is 0.162 e. The van der Waals surface area contributed by atoms with Crippen LogP contribution < -0.4 is 0 Å². The fourth-order valence-electron chi connectivity index (χ4n) is 4.45. The van der Waals surface area contributed by atoms with E-state index in [1.165, 1.54) is 5.56 Å². The van der Waals surface area contributed by atoms with Crippen molar-refractivity contribution in [2.45, 2.75) is 56.9 Å². The summed E-state index contributed by atoms with van der Waals surface area (Å²) in [4.78, 5) is 2.46. The summed E-state index contributed by atoms with van der Waals surface area (Å²) < 4.78 is 11.8. The van der Waals surface area contributed by atoms with Crippen LogP contribution in [0.1, 0.15) is 25.3 Å². The Bertz CT molecular complexity index is 494. The molecule has 2 bridgehead atoms. The minimum absolute atomic E-state index is 0.0826. The van der Waals surface area contributed by atoms with Gasteiger partial charge in [-0.2, -0.15) is 0 Å². The van der Waals surface area contributed by atoms with Crippen molar-refractivity contribution in [3.63, 3.8) is 0 Å². The van der Waals surface area contributed by atoms with Gasteiger partial charge in [-0.15, -0.1) is 0 Å². The second kappa shape index (κ2) is 5.36. The van der Waals surface area contributed by atoms with Gasteiger partial charge in [0.05, 0.1) is 12.2 Å². The lowest BCUT2D eigenvalue weighted by atomic mass is 9.96. The van der Waals surface area contributed by atoms with Crippen molar-refractivity contribution in [3.8, 4) is 0 Å². The SMILES string of the molecule is CCO[C@@H]1O[C@H]2C[C@@H](O)[C@H]3C[C@@H]1[C@@H]2N3Cc1ccccc1. The van der Waals surface area contributed by atoms with Crippen LogP contribution in [0.3, 0.4) is 0 Å². The standard InChI is InChI=1S/C17H23NO3/c1-2-20-17-12-8-13-14(19)9-15(21-17)16(12)18(13)10-11-6-4-3-5-7-11/h3-7,12-17,19H,2,8-10H2,1H3/t12-,13-,14-,15+,16+,17-/m1/s1. The third kappa shape index (κ3) is 2.21. The summed E-state index contributed by atoms with van der Waals surface area (Å²) in [5.74, 6) is 0.404. The van der Waals surface area contributed by atoms with Gasteiger partial charge >= 0.3 is 0 Å². The molecule has 3 heterocycles. The molecule has 0 aliphatic carbocycles. The third-order valence-electron chi connectivity index (χ3n) is 5.26. The molecule has 0 spiro atoms. The zero-order chi connectivity index (χ0) is 14.4. The van der Waals surface area contributed by atoms with Crippen LogP contribution in [0, 0.1) is 5.92 Å². The molecule has 4 nitrogen and oxygen atoms in total. The molecule has 114 valence electrons. The van der Waals surface area contributed by atoms with E-state index >= 15 is 0 Å². The number of hydrogen-bond acceptors (Lipinski definition) is 4. The Balaban J connectivity index is 1.58. The molecule has 3 aliphatic heterocycles. The number of ether oxygens (including phenoxy) is 2. The number of benzene rings is 1. The number of rotatable bonds is 4. The predicted octanol–water partition coefficient (Wildman–Crippen LogP) is 1.77. The van der Waals surface area contributed by atoms with E-state index in [0.717, 1.165) is 19.4 Å². The Hall–Kier alpha value is -0.940. The van der Waals surface area contributed by atoms with Gasteiger partial charge in [-0.1, -0.05) is 30.3 Å². The molecule has 0 aromatic heterocycles. The molecule has 1 aromatic rings. The van der Waals surface area contributed by atoms with E-state index in [1.54, 1.807) is 0 Å². The highest BCUT2D eigenvalue weighted by Crippen LogP contribution is 2.49.